The standard InChI is InChI=1S/C8H12ClIN2O2S/c1-2-15(13,14)5-3-4-12-6-7(9)8(10)11-12/h6H,2-5H2,1H3. The molecule has 0 N–H and O–H groups in total. The van der Waals surface area contributed by atoms with E-state index in [1.54, 1.807) is 17.8 Å². The van der Waals surface area contributed by atoms with Crippen LogP contribution in [-0.4, -0.2) is 29.7 Å². The van der Waals surface area contributed by atoms with Gasteiger partial charge in [0, 0.05) is 18.5 Å². The Morgan fingerprint density at radius 3 is 2.73 bits per heavy atom. The van der Waals surface area contributed by atoms with Gasteiger partial charge in [-0.25, -0.2) is 8.42 Å². The Labute approximate surface area is 108 Å². The molecular weight excluding hydrogens is 351 g/mol. The van der Waals surface area contributed by atoms with Crippen molar-refractivity contribution in [2.45, 2.75) is 19.9 Å². The monoisotopic (exact) mass is 362 g/mol. The number of aromatic nitrogens is 2. The first-order chi connectivity index (χ1) is 6.94. The van der Waals surface area contributed by atoms with E-state index in [0.717, 1.165) is 3.70 Å². The lowest BCUT2D eigenvalue weighted by molar-refractivity contribution is 0.572. The minimum absolute atomic E-state index is 0.199. The third kappa shape index (κ3) is 4.28. The number of sulfone groups is 1. The summed E-state index contributed by atoms with van der Waals surface area (Å²) >= 11 is 7.85. The second kappa shape index (κ2) is 5.49. The van der Waals surface area contributed by atoms with Gasteiger partial charge < -0.3 is 0 Å². The van der Waals surface area contributed by atoms with Crippen molar-refractivity contribution < 1.29 is 8.42 Å². The highest BCUT2D eigenvalue weighted by atomic mass is 127. The van der Waals surface area contributed by atoms with Crippen LogP contribution in [0.2, 0.25) is 5.02 Å². The molecule has 0 fully saturated rings. The largest absolute Gasteiger partial charge is 0.270 e. The van der Waals surface area contributed by atoms with Gasteiger partial charge in [-0.05, 0) is 29.0 Å². The minimum Gasteiger partial charge on any atom is -0.270 e. The lowest BCUT2D eigenvalue weighted by Gasteiger charge is -2.01. The number of nitrogens with zero attached hydrogens (tertiary/aromatic N) is 2. The Hall–Kier alpha value is 0.180. The lowest BCUT2D eigenvalue weighted by Crippen LogP contribution is -2.11. The third-order valence-corrected chi connectivity index (χ3v) is 5.14. The molecule has 7 heteroatoms. The van der Waals surface area contributed by atoms with Gasteiger partial charge in [-0.2, -0.15) is 5.10 Å². The van der Waals surface area contributed by atoms with E-state index in [0.29, 0.717) is 18.0 Å². The van der Waals surface area contributed by atoms with E-state index in [9.17, 15) is 8.42 Å². The van der Waals surface area contributed by atoms with E-state index < -0.39 is 9.84 Å². The van der Waals surface area contributed by atoms with Gasteiger partial charge in [0.25, 0.3) is 0 Å². The fourth-order valence-electron chi connectivity index (χ4n) is 1.08. The average molecular weight is 363 g/mol. The zero-order chi connectivity index (χ0) is 11.5. The number of rotatable bonds is 5. The molecule has 0 aliphatic rings. The van der Waals surface area contributed by atoms with E-state index in [4.69, 9.17) is 11.6 Å². The highest BCUT2D eigenvalue weighted by molar-refractivity contribution is 14.1. The van der Waals surface area contributed by atoms with Crippen molar-refractivity contribution in [1.82, 2.24) is 9.78 Å². The van der Waals surface area contributed by atoms with Crippen LogP contribution in [0.3, 0.4) is 0 Å². The SMILES string of the molecule is CCS(=O)(=O)CCCn1cc(Cl)c(I)n1. The van der Waals surface area contributed by atoms with Crippen molar-refractivity contribution in [3.63, 3.8) is 0 Å². The molecule has 0 spiro atoms. The second-order valence-electron chi connectivity index (χ2n) is 3.12. The molecule has 0 bridgehead atoms. The van der Waals surface area contributed by atoms with Crippen molar-refractivity contribution in [1.29, 1.82) is 0 Å². The topological polar surface area (TPSA) is 52.0 Å². The van der Waals surface area contributed by atoms with Crippen LogP contribution in [0.4, 0.5) is 0 Å². The minimum atomic E-state index is -2.87. The van der Waals surface area contributed by atoms with Crippen LogP contribution in [0.5, 0.6) is 0 Å². The molecule has 86 valence electrons. The summed E-state index contributed by atoms with van der Waals surface area (Å²) in [6, 6.07) is 0. The molecule has 0 aromatic carbocycles. The molecule has 0 aliphatic heterocycles. The molecule has 1 rings (SSSR count). The Bertz CT molecular complexity index is 410. The lowest BCUT2D eigenvalue weighted by atomic mass is 10.5. The molecule has 0 unspecified atom stereocenters. The maximum absolute atomic E-state index is 11.2. The van der Waals surface area contributed by atoms with E-state index >= 15 is 0 Å². The molecule has 1 aromatic rings. The van der Waals surface area contributed by atoms with E-state index in [1.807, 2.05) is 22.6 Å². The molecule has 1 heterocycles. The van der Waals surface area contributed by atoms with E-state index in [1.165, 1.54) is 0 Å². The van der Waals surface area contributed by atoms with Crippen molar-refractivity contribution in [3.8, 4) is 0 Å². The zero-order valence-corrected chi connectivity index (χ0v) is 12.0. The summed E-state index contributed by atoms with van der Waals surface area (Å²) in [6.45, 7) is 2.24. The number of aryl methyl sites for hydroxylation is 1. The predicted molar refractivity (Wildman–Crippen MR) is 68.9 cm³/mol. The molecule has 1 aromatic heterocycles. The maximum atomic E-state index is 11.2. The normalized spacial score (nSPS) is 11.9. The van der Waals surface area contributed by atoms with Crippen molar-refractivity contribution in [2.24, 2.45) is 0 Å². The van der Waals surface area contributed by atoms with Crippen LogP contribution in [0.15, 0.2) is 6.20 Å². The summed E-state index contributed by atoms with van der Waals surface area (Å²) in [5.74, 6) is 0.405. The quantitative estimate of drug-likeness (QED) is 0.753. The highest BCUT2D eigenvalue weighted by Gasteiger charge is 2.08. The van der Waals surface area contributed by atoms with E-state index in [2.05, 4.69) is 5.10 Å². The first-order valence-corrected chi connectivity index (χ1v) is 7.81. The molecule has 0 radical (unpaired) electrons. The van der Waals surface area contributed by atoms with Gasteiger partial charge in [-0.15, -0.1) is 0 Å². The van der Waals surface area contributed by atoms with Gasteiger partial charge in [0.2, 0.25) is 0 Å². The van der Waals surface area contributed by atoms with Crippen LogP contribution in [0, 0.1) is 3.70 Å². The van der Waals surface area contributed by atoms with Crippen LogP contribution >= 0.6 is 34.2 Å². The van der Waals surface area contributed by atoms with Gasteiger partial charge in [0.05, 0.1) is 10.8 Å². The Kier molecular flexibility index (Phi) is 4.85. The fourth-order valence-corrected chi connectivity index (χ4v) is 2.50. The Morgan fingerprint density at radius 2 is 2.27 bits per heavy atom. The average Bonchev–Trinajstić information content (AvgIpc) is 2.46. The molecule has 0 saturated heterocycles. The Morgan fingerprint density at radius 1 is 1.60 bits per heavy atom. The van der Waals surface area contributed by atoms with Crippen molar-refractivity contribution in [2.75, 3.05) is 11.5 Å². The molecule has 4 nitrogen and oxygen atoms in total. The first-order valence-electron chi connectivity index (χ1n) is 4.53. The summed E-state index contributed by atoms with van der Waals surface area (Å²) in [5, 5.41) is 4.74. The second-order valence-corrected chi connectivity index (χ2v) is 7.02. The molecule has 0 aliphatic carbocycles. The van der Waals surface area contributed by atoms with E-state index in [-0.39, 0.29) is 11.5 Å². The van der Waals surface area contributed by atoms with Crippen molar-refractivity contribution in [3.05, 3.63) is 14.9 Å². The van der Waals surface area contributed by atoms with Crippen molar-refractivity contribution >= 4 is 44.0 Å². The van der Waals surface area contributed by atoms with Crippen LogP contribution in [-0.2, 0) is 16.4 Å². The number of halogens is 2. The summed E-state index contributed by atoms with van der Waals surface area (Å²) in [5.41, 5.74) is 0. The molecular formula is C8H12ClIN2O2S. The fraction of sp³-hybridized carbons (Fsp3) is 0.625. The summed E-state index contributed by atoms with van der Waals surface area (Å²) in [7, 11) is -2.87. The van der Waals surface area contributed by atoms with Gasteiger partial charge in [-0.3, -0.25) is 4.68 Å². The van der Waals surface area contributed by atoms with Gasteiger partial charge in [0.1, 0.15) is 13.5 Å². The maximum Gasteiger partial charge on any atom is 0.150 e. The highest BCUT2D eigenvalue weighted by Crippen LogP contribution is 2.15. The molecule has 0 saturated carbocycles. The summed E-state index contributed by atoms with van der Waals surface area (Å²) in [4.78, 5) is 0. The van der Waals surface area contributed by atoms with Crippen LogP contribution in [0.25, 0.3) is 0 Å². The predicted octanol–water partition coefficient (Wildman–Crippen LogP) is 1.97. The van der Waals surface area contributed by atoms with Crippen LogP contribution < -0.4 is 0 Å². The van der Waals surface area contributed by atoms with Crippen LogP contribution in [0.1, 0.15) is 13.3 Å². The van der Waals surface area contributed by atoms with Gasteiger partial charge >= 0.3 is 0 Å². The number of hydrogen-bond acceptors (Lipinski definition) is 3. The molecule has 15 heavy (non-hydrogen) atoms. The number of hydrogen-bond donors (Lipinski definition) is 0. The molecule has 0 atom stereocenters. The Balaban J connectivity index is 2.45. The summed E-state index contributed by atoms with van der Waals surface area (Å²) in [6.07, 6.45) is 2.28. The smallest absolute Gasteiger partial charge is 0.150 e. The molecule has 0 amide bonds. The first kappa shape index (κ1) is 13.2. The zero-order valence-electron chi connectivity index (χ0n) is 8.28. The third-order valence-electron chi connectivity index (χ3n) is 1.96. The van der Waals surface area contributed by atoms with Gasteiger partial charge in [-0.1, -0.05) is 18.5 Å². The summed E-state index contributed by atoms with van der Waals surface area (Å²) < 4.78 is 24.8. The van der Waals surface area contributed by atoms with Gasteiger partial charge in [0.15, 0.2) is 0 Å².